The zero-order chi connectivity index (χ0) is 8.32. The summed E-state index contributed by atoms with van der Waals surface area (Å²) in [6, 6.07) is 4.34. The van der Waals surface area contributed by atoms with E-state index in [1.807, 2.05) is 0 Å². The minimum atomic E-state index is -4.43. The molecule has 0 aromatic carbocycles. The third-order valence-corrected chi connectivity index (χ3v) is 1.16. The van der Waals surface area contributed by atoms with Crippen molar-refractivity contribution in [3.63, 3.8) is 0 Å². The van der Waals surface area contributed by atoms with Crippen molar-refractivity contribution in [1.29, 1.82) is 0 Å². The van der Waals surface area contributed by atoms with Gasteiger partial charge in [0.2, 0.25) is 0 Å². The van der Waals surface area contributed by atoms with Gasteiger partial charge in [-0.25, -0.2) is 4.98 Å². The topological polar surface area (TPSA) is 91.3 Å². The SMILES string of the molecule is [O-][Cl+3]([O-])([O-])Oc1ccccn1. The molecule has 0 aliphatic heterocycles. The van der Waals surface area contributed by atoms with Crippen LogP contribution in [0.5, 0.6) is 5.88 Å². The van der Waals surface area contributed by atoms with Gasteiger partial charge < -0.3 is 0 Å². The van der Waals surface area contributed by atoms with Crippen LogP contribution in [0.15, 0.2) is 24.4 Å². The van der Waals surface area contributed by atoms with Gasteiger partial charge in [-0.3, -0.25) is 0 Å². The molecule has 1 rings (SSSR count). The number of halogens is 1. The molecule has 0 aliphatic rings. The Morgan fingerprint density at radius 3 is 2.45 bits per heavy atom. The van der Waals surface area contributed by atoms with Gasteiger partial charge in [-0.2, -0.15) is 14.0 Å². The lowest BCUT2D eigenvalue weighted by Crippen LogP contribution is -2.63. The molecule has 5 nitrogen and oxygen atoms in total. The summed E-state index contributed by atoms with van der Waals surface area (Å²) in [5.74, 6) is -0.232. The van der Waals surface area contributed by atoms with Crippen molar-refractivity contribution in [2.24, 2.45) is 0 Å². The summed E-state index contributed by atoms with van der Waals surface area (Å²) in [6.45, 7) is 0. The van der Waals surface area contributed by atoms with Crippen LogP contribution in [0.2, 0.25) is 0 Å². The van der Waals surface area contributed by atoms with E-state index in [4.69, 9.17) is 0 Å². The highest BCUT2D eigenvalue weighted by Gasteiger charge is 2.19. The number of rotatable bonds is 2. The van der Waals surface area contributed by atoms with E-state index in [1.165, 1.54) is 18.3 Å². The standard InChI is InChI=1S/C5H4ClNO4/c8-6(9,10)11-5-3-1-2-4-7-5/h1-4H. The van der Waals surface area contributed by atoms with Crippen molar-refractivity contribution in [2.45, 2.75) is 0 Å². The lowest BCUT2D eigenvalue weighted by Gasteiger charge is -2.10. The predicted octanol–water partition coefficient (Wildman–Crippen LogP) is -2.64. The van der Waals surface area contributed by atoms with Crippen LogP contribution in [0.4, 0.5) is 0 Å². The van der Waals surface area contributed by atoms with Gasteiger partial charge in [0.25, 0.3) is 0 Å². The van der Waals surface area contributed by atoms with E-state index in [0.717, 1.165) is 0 Å². The van der Waals surface area contributed by atoms with Gasteiger partial charge in [-0.05, 0) is 10.4 Å². The fraction of sp³-hybridized carbons (Fsp3) is 0. The van der Waals surface area contributed by atoms with Crippen LogP contribution >= 0.6 is 0 Å². The molecule has 0 amide bonds. The third kappa shape index (κ3) is 3.15. The number of pyridine rings is 1. The highest BCUT2D eigenvalue weighted by atomic mass is 35.7. The Balaban J connectivity index is 2.66. The molecule has 0 radical (unpaired) electrons. The summed E-state index contributed by atoms with van der Waals surface area (Å²) in [7, 11) is -4.43. The van der Waals surface area contributed by atoms with Gasteiger partial charge in [0.05, 0.1) is 0 Å². The van der Waals surface area contributed by atoms with Crippen LogP contribution in [-0.4, -0.2) is 4.98 Å². The van der Waals surface area contributed by atoms with E-state index < -0.39 is 10.2 Å². The number of hydrogen-bond acceptors (Lipinski definition) is 5. The molecule has 0 atom stereocenters. The van der Waals surface area contributed by atoms with E-state index in [-0.39, 0.29) is 5.88 Å². The van der Waals surface area contributed by atoms with Crippen molar-refractivity contribution >= 4 is 0 Å². The summed E-state index contributed by atoms with van der Waals surface area (Å²) in [4.78, 5) is 3.46. The largest absolute Gasteiger partial charge is 0.380 e. The molecular formula is C5H4ClNO4. The maximum Gasteiger partial charge on any atom is 0.380 e. The molecule has 1 heterocycles. The average Bonchev–Trinajstić information content (AvgIpc) is 1.85. The third-order valence-electron chi connectivity index (χ3n) is 0.811. The molecule has 6 heteroatoms. The van der Waals surface area contributed by atoms with E-state index in [0.29, 0.717) is 0 Å². The van der Waals surface area contributed by atoms with Crippen molar-refractivity contribution in [2.75, 3.05) is 0 Å². The van der Waals surface area contributed by atoms with Crippen LogP contribution in [-0.2, 0) is 0 Å². The summed E-state index contributed by atoms with van der Waals surface area (Å²) in [6.07, 6.45) is 1.32. The van der Waals surface area contributed by atoms with E-state index in [2.05, 4.69) is 9.27 Å². The second kappa shape index (κ2) is 3.02. The number of hydrogen-bond donors (Lipinski definition) is 0. The van der Waals surface area contributed by atoms with Gasteiger partial charge in [0.1, 0.15) is 10.2 Å². The van der Waals surface area contributed by atoms with Gasteiger partial charge in [0, 0.05) is 12.3 Å². The second-order valence-electron chi connectivity index (χ2n) is 1.62. The molecular weight excluding hydrogens is 174 g/mol. The Labute approximate surface area is 64.6 Å². The van der Waals surface area contributed by atoms with E-state index in [9.17, 15) is 14.0 Å². The van der Waals surface area contributed by atoms with Crippen molar-refractivity contribution in [3.8, 4) is 5.88 Å². The first kappa shape index (κ1) is 8.22. The minimum Gasteiger partial charge on any atom is -0.208 e. The molecule has 0 bridgehead atoms. The Morgan fingerprint density at radius 1 is 1.27 bits per heavy atom. The quantitative estimate of drug-likeness (QED) is 0.492. The smallest absolute Gasteiger partial charge is 0.208 e. The molecule has 0 saturated heterocycles. The molecule has 0 fully saturated rings. The molecule has 0 unspecified atom stereocenters. The Hall–Kier alpha value is -0.880. The van der Waals surface area contributed by atoms with Gasteiger partial charge in [0.15, 0.2) is 0 Å². The van der Waals surface area contributed by atoms with Gasteiger partial charge >= 0.3 is 5.88 Å². The van der Waals surface area contributed by atoms with Crippen LogP contribution < -0.4 is 18.3 Å². The normalized spacial score (nSPS) is 11.2. The zero-order valence-corrected chi connectivity index (χ0v) is 6.02. The van der Waals surface area contributed by atoms with Crippen molar-refractivity contribution in [3.05, 3.63) is 24.4 Å². The van der Waals surface area contributed by atoms with E-state index >= 15 is 0 Å². The van der Waals surface area contributed by atoms with Crippen LogP contribution in [0.3, 0.4) is 0 Å². The first-order valence-electron chi connectivity index (χ1n) is 2.59. The number of nitrogens with zero attached hydrogens (tertiary/aromatic N) is 1. The number of aromatic nitrogens is 1. The summed E-state index contributed by atoms with van der Waals surface area (Å²) in [5, 5.41) is 0. The lowest BCUT2D eigenvalue weighted by molar-refractivity contribution is -1.91. The van der Waals surface area contributed by atoms with Crippen LogP contribution in [0, 0.1) is 10.2 Å². The van der Waals surface area contributed by atoms with Crippen molar-refractivity contribution in [1.82, 2.24) is 4.98 Å². The molecule has 1 aromatic heterocycles. The highest BCUT2D eigenvalue weighted by molar-refractivity contribution is 5.07. The summed E-state index contributed by atoms with van der Waals surface area (Å²) in [5.41, 5.74) is 0. The summed E-state index contributed by atoms with van der Waals surface area (Å²) >= 11 is 0. The molecule has 60 valence electrons. The van der Waals surface area contributed by atoms with Gasteiger partial charge in [-0.1, -0.05) is 6.07 Å². The maximum atomic E-state index is 9.96. The Morgan fingerprint density at radius 2 is 2.00 bits per heavy atom. The predicted molar refractivity (Wildman–Crippen MR) is 24.9 cm³/mol. The Bertz CT molecular complexity index is 222. The minimum absolute atomic E-state index is 0.232. The average molecular weight is 178 g/mol. The zero-order valence-electron chi connectivity index (χ0n) is 5.27. The summed E-state index contributed by atoms with van der Waals surface area (Å²) < 4.78 is 33.7. The van der Waals surface area contributed by atoms with E-state index in [1.54, 1.807) is 6.07 Å². The monoisotopic (exact) mass is 177 g/mol. The van der Waals surface area contributed by atoms with Crippen molar-refractivity contribution < 1.29 is 28.5 Å². The molecule has 0 N–H and O–H groups in total. The first-order valence-corrected chi connectivity index (χ1v) is 3.83. The van der Waals surface area contributed by atoms with Gasteiger partial charge in [-0.15, -0.1) is 0 Å². The molecule has 11 heavy (non-hydrogen) atoms. The fourth-order valence-corrected chi connectivity index (χ4v) is 0.774. The van der Waals surface area contributed by atoms with Crippen LogP contribution in [0.25, 0.3) is 0 Å². The lowest BCUT2D eigenvalue weighted by atomic mass is 10.5. The highest BCUT2D eigenvalue weighted by Crippen LogP contribution is 2.05. The second-order valence-corrected chi connectivity index (χ2v) is 2.53. The molecule has 0 spiro atoms. The first-order chi connectivity index (χ1) is 5.08. The fourth-order valence-electron chi connectivity index (χ4n) is 0.490. The molecule has 0 aliphatic carbocycles. The molecule has 1 aromatic rings. The maximum absolute atomic E-state index is 9.96. The van der Waals surface area contributed by atoms with Crippen LogP contribution in [0.1, 0.15) is 0 Å². The molecule has 0 saturated carbocycles. The Kier molecular flexibility index (Phi) is 2.25.